The number of aryl methyl sites for hydroxylation is 1. The summed E-state index contributed by atoms with van der Waals surface area (Å²) in [6.45, 7) is 3.71. The van der Waals surface area contributed by atoms with Crippen LogP contribution in [-0.4, -0.2) is 40.4 Å². The van der Waals surface area contributed by atoms with Gasteiger partial charge in [-0.3, -0.25) is 4.68 Å². The van der Waals surface area contributed by atoms with Gasteiger partial charge >= 0.3 is 0 Å². The maximum Gasteiger partial charge on any atom is 0.0968 e. The molecule has 0 radical (unpaired) electrons. The van der Waals surface area contributed by atoms with Gasteiger partial charge in [0.05, 0.1) is 11.8 Å². The van der Waals surface area contributed by atoms with Gasteiger partial charge in [-0.15, -0.1) is 0 Å². The Kier molecular flexibility index (Phi) is 4.10. The van der Waals surface area contributed by atoms with Gasteiger partial charge in [-0.25, -0.2) is 0 Å². The van der Waals surface area contributed by atoms with Crippen LogP contribution in [0.25, 0.3) is 0 Å². The van der Waals surface area contributed by atoms with Gasteiger partial charge in [0.2, 0.25) is 0 Å². The monoisotopic (exact) mass is 197 g/mol. The fourth-order valence-electron chi connectivity index (χ4n) is 1.42. The molecule has 1 atom stereocenters. The highest BCUT2D eigenvalue weighted by atomic mass is 16.3. The molecular formula is C10H19N3O. The summed E-state index contributed by atoms with van der Waals surface area (Å²) in [6.07, 6.45) is 2.08. The van der Waals surface area contributed by atoms with E-state index >= 15 is 0 Å². The van der Waals surface area contributed by atoms with E-state index in [2.05, 4.69) is 10.00 Å². The van der Waals surface area contributed by atoms with Crippen molar-refractivity contribution in [2.24, 2.45) is 0 Å². The summed E-state index contributed by atoms with van der Waals surface area (Å²) in [5.74, 6) is 0. The number of aliphatic hydroxyl groups excluding tert-OH is 1. The standard InChI is InChI=1S/C10H19N3O/c1-4-13-9(5-7-11-13)10(14)6-8-12(2)3/h5,7,10,14H,4,6,8H2,1-3H3. The summed E-state index contributed by atoms with van der Waals surface area (Å²) in [5.41, 5.74) is 0.911. The largest absolute Gasteiger partial charge is 0.387 e. The normalized spacial score (nSPS) is 13.5. The SMILES string of the molecule is CCn1nccc1C(O)CCN(C)C. The molecule has 1 aromatic heterocycles. The number of aliphatic hydroxyl groups is 1. The van der Waals surface area contributed by atoms with E-state index in [1.54, 1.807) is 6.20 Å². The van der Waals surface area contributed by atoms with Crippen LogP contribution in [0.3, 0.4) is 0 Å². The van der Waals surface area contributed by atoms with Crippen molar-refractivity contribution in [1.29, 1.82) is 0 Å². The second kappa shape index (κ2) is 5.12. The molecule has 4 nitrogen and oxygen atoms in total. The van der Waals surface area contributed by atoms with Crippen molar-refractivity contribution >= 4 is 0 Å². The Hall–Kier alpha value is -0.870. The van der Waals surface area contributed by atoms with Crippen LogP contribution in [0.5, 0.6) is 0 Å². The Balaban J connectivity index is 2.55. The molecule has 14 heavy (non-hydrogen) atoms. The zero-order valence-corrected chi connectivity index (χ0v) is 9.14. The Bertz CT molecular complexity index is 270. The lowest BCUT2D eigenvalue weighted by Crippen LogP contribution is -2.17. The zero-order valence-electron chi connectivity index (χ0n) is 9.14. The fraction of sp³-hybridized carbons (Fsp3) is 0.700. The molecule has 1 heterocycles. The van der Waals surface area contributed by atoms with Crippen LogP contribution >= 0.6 is 0 Å². The molecule has 1 N–H and O–H groups in total. The lowest BCUT2D eigenvalue weighted by molar-refractivity contribution is 0.144. The van der Waals surface area contributed by atoms with E-state index in [9.17, 15) is 5.11 Å². The topological polar surface area (TPSA) is 41.3 Å². The zero-order chi connectivity index (χ0) is 10.6. The predicted molar refractivity (Wildman–Crippen MR) is 56.0 cm³/mol. The van der Waals surface area contributed by atoms with Crippen molar-refractivity contribution in [2.75, 3.05) is 20.6 Å². The fourth-order valence-corrected chi connectivity index (χ4v) is 1.42. The van der Waals surface area contributed by atoms with Crippen molar-refractivity contribution in [3.8, 4) is 0 Å². The second-order valence-electron chi connectivity index (χ2n) is 3.68. The molecule has 0 aliphatic heterocycles. The first-order valence-corrected chi connectivity index (χ1v) is 4.99. The molecule has 1 rings (SSSR count). The van der Waals surface area contributed by atoms with Gasteiger partial charge in [-0.2, -0.15) is 5.10 Å². The molecule has 80 valence electrons. The maximum absolute atomic E-state index is 9.88. The van der Waals surface area contributed by atoms with Gasteiger partial charge in [0.15, 0.2) is 0 Å². The molecule has 0 saturated carbocycles. The third-order valence-corrected chi connectivity index (χ3v) is 2.24. The minimum atomic E-state index is -0.403. The van der Waals surface area contributed by atoms with Crippen LogP contribution in [-0.2, 0) is 6.54 Å². The van der Waals surface area contributed by atoms with E-state index in [-0.39, 0.29) is 0 Å². The van der Waals surface area contributed by atoms with E-state index in [1.165, 1.54) is 0 Å². The molecular weight excluding hydrogens is 178 g/mol. The smallest absolute Gasteiger partial charge is 0.0968 e. The molecule has 0 aromatic carbocycles. The van der Waals surface area contributed by atoms with Crippen LogP contribution in [0.2, 0.25) is 0 Å². The molecule has 0 saturated heterocycles. The van der Waals surface area contributed by atoms with Crippen molar-refractivity contribution < 1.29 is 5.11 Å². The number of nitrogens with zero attached hydrogens (tertiary/aromatic N) is 3. The van der Waals surface area contributed by atoms with Crippen LogP contribution in [0.4, 0.5) is 0 Å². The quantitative estimate of drug-likeness (QED) is 0.762. The van der Waals surface area contributed by atoms with Gasteiger partial charge in [0, 0.05) is 19.3 Å². The van der Waals surface area contributed by atoms with Gasteiger partial charge < -0.3 is 10.0 Å². The van der Waals surface area contributed by atoms with Gasteiger partial charge in [0.1, 0.15) is 0 Å². The summed E-state index contributed by atoms with van der Waals surface area (Å²) in [7, 11) is 4.01. The minimum Gasteiger partial charge on any atom is -0.387 e. The predicted octanol–water partition coefficient (Wildman–Crippen LogP) is 0.888. The molecule has 1 unspecified atom stereocenters. The Labute approximate surface area is 85.1 Å². The van der Waals surface area contributed by atoms with Crippen molar-refractivity contribution in [3.63, 3.8) is 0 Å². The molecule has 0 bridgehead atoms. The minimum absolute atomic E-state index is 0.403. The number of hydrogen-bond acceptors (Lipinski definition) is 3. The third kappa shape index (κ3) is 2.82. The van der Waals surface area contributed by atoms with Gasteiger partial charge in [-0.05, 0) is 33.5 Å². The third-order valence-electron chi connectivity index (χ3n) is 2.24. The number of rotatable bonds is 5. The molecule has 0 aliphatic carbocycles. The summed E-state index contributed by atoms with van der Waals surface area (Å²) < 4.78 is 1.83. The average molecular weight is 197 g/mol. The first-order chi connectivity index (χ1) is 6.65. The van der Waals surface area contributed by atoms with Crippen molar-refractivity contribution in [3.05, 3.63) is 18.0 Å². The highest BCUT2D eigenvalue weighted by Crippen LogP contribution is 2.15. The van der Waals surface area contributed by atoms with Gasteiger partial charge in [-0.1, -0.05) is 0 Å². The molecule has 0 spiro atoms. The van der Waals surface area contributed by atoms with Crippen molar-refractivity contribution in [1.82, 2.24) is 14.7 Å². The maximum atomic E-state index is 9.88. The summed E-state index contributed by atoms with van der Waals surface area (Å²) in [4.78, 5) is 2.07. The number of hydrogen-bond donors (Lipinski definition) is 1. The molecule has 4 heteroatoms. The van der Waals surface area contributed by atoms with Gasteiger partial charge in [0.25, 0.3) is 0 Å². The lowest BCUT2D eigenvalue weighted by Gasteiger charge is -2.15. The first kappa shape index (κ1) is 11.2. The highest BCUT2D eigenvalue weighted by Gasteiger charge is 2.11. The Morgan fingerprint density at radius 2 is 2.29 bits per heavy atom. The molecule has 0 fully saturated rings. The Morgan fingerprint density at radius 1 is 1.57 bits per heavy atom. The van der Waals surface area contributed by atoms with Crippen LogP contribution in [0.1, 0.15) is 25.1 Å². The first-order valence-electron chi connectivity index (χ1n) is 4.99. The Morgan fingerprint density at radius 3 is 2.86 bits per heavy atom. The molecule has 0 aliphatic rings. The van der Waals surface area contributed by atoms with E-state index in [1.807, 2.05) is 31.8 Å². The summed E-state index contributed by atoms with van der Waals surface area (Å²) in [6, 6.07) is 1.88. The van der Waals surface area contributed by atoms with Crippen LogP contribution in [0.15, 0.2) is 12.3 Å². The highest BCUT2D eigenvalue weighted by molar-refractivity contribution is 5.04. The molecule has 0 amide bonds. The van der Waals surface area contributed by atoms with E-state index in [4.69, 9.17) is 0 Å². The molecule has 1 aromatic rings. The van der Waals surface area contributed by atoms with Crippen molar-refractivity contribution in [2.45, 2.75) is 26.0 Å². The van der Waals surface area contributed by atoms with E-state index < -0.39 is 6.10 Å². The summed E-state index contributed by atoms with van der Waals surface area (Å²) in [5, 5.41) is 14.0. The average Bonchev–Trinajstić information content (AvgIpc) is 2.61. The lowest BCUT2D eigenvalue weighted by atomic mass is 10.2. The van der Waals surface area contributed by atoms with Crippen LogP contribution < -0.4 is 0 Å². The van der Waals surface area contributed by atoms with Crippen LogP contribution in [0, 0.1) is 0 Å². The van der Waals surface area contributed by atoms with E-state index in [0.29, 0.717) is 0 Å². The second-order valence-corrected chi connectivity index (χ2v) is 3.68. The van der Waals surface area contributed by atoms with E-state index in [0.717, 1.165) is 25.2 Å². The number of aromatic nitrogens is 2. The summed E-state index contributed by atoms with van der Waals surface area (Å²) >= 11 is 0.